The molecule has 0 aliphatic heterocycles. The maximum atomic E-state index is 12.5. The number of nitrogens with one attached hydrogen (secondary N) is 2. The molecule has 0 aliphatic rings. The highest BCUT2D eigenvalue weighted by Crippen LogP contribution is 2.33. The molecule has 1 heterocycles. The number of nitrogens with zero attached hydrogens (tertiary/aromatic N) is 1. The summed E-state index contributed by atoms with van der Waals surface area (Å²) in [5.41, 5.74) is 3.95. The summed E-state index contributed by atoms with van der Waals surface area (Å²) in [7, 11) is 0. The number of hydrogen-bond acceptors (Lipinski definition) is 2. The van der Waals surface area contributed by atoms with Crippen LogP contribution in [0.15, 0.2) is 60.2 Å². The smallest absolute Gasteiger partial charge is 0.251 e. The minimum absolute atomic E-state index is 0.115. The number of aromatic amines is 1. The molecule has 150 valence electrons. The Hall–Kier alpha value is -2.56. The third-order valence-corrected chi connectivity index (χ3v) is 5.13. The summed E-state index contributed by atoms with van der Waals surface area (Å²) in [5.74, 6) is 0.463. The van der Waals surface area contributed by atoms with Gasteiger partial charge in [-0.15, -0.1) is 0 Å². The quantitative estimate of drug-likeness (QED) is 0.418. The fourth-order valence-corrected chi connectivity index (χ4v) is 3.50. The van der Waals surface area contributed by atoms with Crippen molar-refractivity contribution < 1.29 is 4.79 Å². The highest BCUT2D eigenvalue weighted by atomic mass is 35.5. The molecule has 0 spiro atoms. The summed E-state index contributed by atoms with van der Waals surface area (Å²) in [6, 6.07) is 10.7. The zero-order chi connectivity index (χ0) is 20.8. The lowest BCUT2D eigenvalue weighted by molar-refractivity contribution is 0.0954. The fraction of sp³-hybridized carbons (Fsp3) is 0.217. The molecule has 3 aromatic rings. The number of allylic oxidation sites excluding steroid dienone is 3. The van der Waals surface area contributed by atoms with E-state index < -0.39 is 0 Å². The molecule has 3 rings (SSSR count). The predicted octanol–water partition coefficient (Wildman–Crippen LogP) is 6.57. The van der Waals surface area contributed by atoms with E-state index in [4.69, 9.17) is 23.2 Å². The molecular formula is C23H23Cl2N3O. The van der Waals surface area contributed by atoms with Gasteiger partial charge in [-0.3, -0.25) is 4.79 Å². The zero-order valence-electron chi connectivity index (χ0n) is 16.4. The molecule has 1 aromatic heterocycles. The van der Waals surface area contributed by atoms with Crippen LogP contribution >= 0.6 is 23.2 Å². The van der Waals surface area contributed by atoms with Gasteiger partial charge in [0.05, 0.1) is 26.6 Å². The van der Waals surface area contributed by atoms with Gasteiger partial charge in [0.15, 0.2) is 0 Å². The zero-order valence-corrected chi connectivity index (χ0v) is 17.9. The molecule has 0 aliphatic carbocycles. The number of amides is 1. The number of carbonyl (C=O) groups is 1. The number of halogens is 2. The molecule has 4 nitrogen and oxygen atoms in total. The van der Waals surface area contributed by atoms with E-state index in [1.54, 1.807) is 30.3 Å². The number of hydrogen-bond donors (Lipinski definition) is 2. The summed E-state index contributed by atoms with van der Waals surface area (Å²) in [6.07, 6.45) is 8.05. The van der Waals surface area contributed by atoms with Gasteiger partial charge in [0.25, 0.3) is 5.91 Å². The topological polar surface area (TPSA) is 57.8 Å². The lowest BCUT2D eigenvalue weighted by Crippen LogP contribution is -2.24. The van der Waals surface area contributed by atoms with Crippen LogP contribution in [0, 0.1) is 0 Å². The van der Waals surface area contributed by atoms with Crippen LogP contribution in [0.5, 0.6) is 0 Å². The van der Waals surface area contributed by atoms with Crippen molar-refractivity contribution in [1.29, 1.82) is 0 Å². The van der Waals surface area contributed by atoms with E-state index >= 15 is 0 Å². The number of rotatable bonds is 7. The molecule has 29 heavy (non-hydrogen) atoms. The Morgan fingerprint density at radius 1 is 1.21 bits per heavy atom. The third kappa shape index (κ3) is 5.28. The van der Waals surface area contributed by atoms with E-state index in [1.165, 1.54) is 5.57 Å². The molecule has 0 radical (unpaired) electrons. The Morgan fingerprint density at radius 2 is 1.97 bits per heavy atom. The lowest BCUT2D eigenvalue weighted by Gasteiger charge is -2.05. The number of imidazole rings is 1. The third-order valence-electron chi connectivity index (χ3n) is 4.50. The Kier molecular flexibility index (Phi) is 7.13. The first kappa shape index (κ1) is 21.2. The second kappa shape index (κ2) is 9.77. The number of H-pyrrole nitrogens is 1. The summed E-state index contributed by atoms with van der Waals surface area (Å²) in [5, 5.41) is 4.00. The molecule has 0 unspecified atom stereocenters. The summed E-state index contributed by atoms with van der Waals surface area (Å²) in [6.45, 7) is 4.75. The van der Waals surface area contributed by atoms with Crippen LogP contribution in [0.2, 0.25) is 10.0 Å². The van der Waals surface area contributed by atoms with Crippen LogP contribution in [0.3, 0.4) is 0 Å². The van der Waals surface area contributed by atoms with Gasteiger partial charge in [0.1, 0.15) is 5.82 Å². The molecule has 0 fully saturated rings. The maximum Gasteiger partial charge on any atom is 0.251 e. The second-order valence-corrected chi connectivity index (χ2v) is 7.58. The van der Waals surface area contributed by atoms with Crippen LogP contribution in [-0.2, 0) is 0 Å². The monoisotopic (exact) mass is 427 g/mol. The highest BCUT2D eigenvalue weighted by Gasteiger charge is 2.14. The first-order valence-electron chi connectivity index (χ1n) is 9.54. The van der Waals surface area contributed by atoms with Crippen molar-refractivity contribution in [3.05, 3.63) is 75.8 Å². The Morgan fingerprint density at radius 3 is 2.69 bits per heavy atom. The lowest BCUT2D eigenvalue weighted by atomic mass is 10.1. The molecule has 2 aromatic carbocycles. The molecule has 2 N–H and O–H groups in total. The van der Waals surface area contributed by atoms with E-state index in [-0.39, 0.29) is 5.91 Å². The van der Waals surface area contributed by atoms with E-state index in [0.29, 0.717) is 33.5 Å². The Balaban J connectivity index is 1.72. The van der Waals surface area contributed by atoms with Gasteiger partial charge in [-0.2, -0.15) is 0 Å². The Bertz CT molecular complexity index is 1060. The van der Waals surface area contributed by atoms with Gasteiger partial charge < -0.3 is 10.3 Å². The van der Waals surface area contributed by atoms with E-state index in [9.17, 15) is 4.79 Å². The van der Waals surface area contributed by atoms with Crippen LogP contribution in [0.1, 0.15) is 37.0 Å². The van der Waals surface area contributed by atoms with E-state index in [2.05, 4.69) is 41.3 Å². The van der Waals surface area contributed by atoms with Gasteiger partial charge in [-0.1, -0.05) is 60.0 Å². The second-order valence-electron chi connectivity index (χ2n) is 6.77. The fourth-order valence-electron chi connectivity index (χ4n) is 2.92. The molecule has 0 saturated heterocycles. The summed E-state index contributed by atoms with van der Waals surface area (Å²) in [4.78, 5) is 20.3. The standard InChI is InChI=1S/C23H23Cl2N3O/c1-3-4-5-7-15(2)12-13-26-23(29)16-10-11-19-20(14-16)28-22(27-19)21-17(24)8-6-9-18(21)25/h4-11,14H,3,12-13H2,1-2H3,(H,26,29)(H,27,28)/b5-4-,15-7-. The molecular weight excluding hydrogens is 405 g/mol. The molecule has 0 bridgehead atoms. The summed E-state index contributed by atoms with van der Waals surface area (Å²) < 4.78 is 0. The SMILES string of the molecule is CC/C=C\C=C(\C)CCNC(=O)c1ccc2nc(-c3c(Cl)cccc3Cl)[nH]c2c1. The minimum atomic E-state index is -0.115. The largest absolute Gasteiger partial charge is 0.352 e. The minimum Gasteiger partial charge on any atom is -0.352 e. The van der Waals surface area contributed by atoms with Crippen molar-refractivity contribution in [2.75, 3.05) is 6.54 Å². The van der Waals surface area contributed by atoms with Crippen molar-refractivity contribution in [1.82, 2.24) is 15.3 Å². The number of aromatic nitrogens is 2. The highest BCUT2D eigenvalue weighted by molar-refractivity contribution is 6.39. The van der Waals surface area contributed by atoms with Gasteiger partial charge in [0.2, 0.25) is 0 Å². The van der Waals surface area contributed by atoms with Crippen molar-refractivity contribution in [2.45, 2.75) is 26.7 Å². The Labute approximate surface area is 180 Å². The van der Waals surface area contributed by atoms with Crippen molar-refractivity contribution in [3.8, 4) is 11.4 Å². The summed E-state index contributed by atoms with van der Waals surface area (Å²) >= 11 is 12.6. The van der Waals surface area contributed by atoms with Crippen molar-refractivity contribution in [2.24, 2.45) is 0 Å². The molecule has 0 atom stereocenters. The average Bonchev–Trinajstić information content (AvgIpc) is 3.10. The maximum absolute atomic E-state index is 12.5. The normalized spacial score (nSPS) is 12.1. The van der Waals surface area contributed by atoms with Crippen LogP contribution in [0.4, 0.5) is 0 Å². The number of carbonyl (C=O) groups excluding carboxylic acids is 1. The first-order chi connectivity index (χ1) is 14.0. The van der Waals surface area contributed by atoms with E-state index in [1.807, 2.05) is 12.1 Å². The molecule has 6 heteroatoms. The van der Waals surface area contributed by atoms with Crippen molar-refractivity contribution in [3.63, 3.8) is 0 Å². The number of fused-ring (bicyclic) bond motifs is 1. The van der Waals surface area contributed by atoms with Crippen LogP contribution < -0.4 is 5.32 Å². The van der Waals surface area contributed by atoms with Crippen LogP contribution in [0.25, 0.3) is 22.4 Å². The molecule has 0 saturated carbocycles. The molecule has 1 amide bonds. The van der Waals surface area contributed by atoms with Gasteiger partial charge in [-0.25, -0.2) is 4.98 Å². The van der Waals surface area contributed by atoms with Crippen molar-refractivity contribution >= 4 is 40.1 Å². The predicted molar refractivity (Wildman–Crippen MR) is 122 cm³/mol. The van der Waals surface area contributed by atoms with Gasteiger partial charge in [0, 0.05) is 12.1 Å². The van der Waals surface area contributed by atoms with Gasteiger partial charge >= 0.3 is 0 Å². The first-order valence-corrected chi connectivity index (χ1v) is 10.3. The van der Waals surface area contributed by atoms with Crippen LogP contribution in [-0.4, -0.2) is 22.4 Å². The van der Waals surface area contributed by atoms with Gasteiger partial charge in [-0.05, 0) is 50.1 Å². The number of benzene rings is 2. The van der Waals surface area contributed by atoms with E-state index in [0.717, 1.165) is 23.9 Å². The average molecular weight is 428 g/mol.